The molecule has 0 radical (unpaired) electrons. The Morgan fingerprint density at radius 3 is 2.35 bits per heavy atom. The first kappa shape index (κ1) is 17.0. The fourth-order valence-electron chi connectivity index (χ4n) is 2.10. The molecule has 23 heavy (non-hydrogen) atoms. The molecular weight excluding hydrogens is 314 g/mol. The Kier molecular flexibility index (Phi) is 5.76. The van der Waals surface area contributed by atoms with Crippen LogP contribution in [0.1, 0.15) is 29.8 Å². The zero-order chi connectivity index (χ0) is 16.8. The Morgan fingerprint density at radius 1 is 1.13 bits per heavy atom. The zero-order valence-electron chi connectivity index (χ0n) is 12.9. The van der Waals surface area contributed by atoms with Crippen LogP contribution in [-0.4, -0.2) is 17.5 Å². The molecule has 2 aromatic rings. The fraction of sp³-hybridized carbons (Fsp3) is 0.235. The Hall–Kier alpha value is -2.34. The first-order chi connectivity index (χ1) is 11.0. The molecule has 2 rings (SSSR count). The largest absolute Gasteiger partial charge is 0.462 e. The van der Waals surface area contributed by atoms with Gasteiger partial charge in [0.2, 0.25) is 0 Å². The predicted molar refractivity (Wildman–Crippen MR) is 89.0 cm³/mol. The molecule has 0 saturated heterocycles. The van der Waals surface area contributed by atoms with Gasteiger partial charge < -0.3 is 4.74 Å². The third-order valence-electron chi connectivity index (χ3n) is 3.23. The third-order valence-corrected chi connectivity index (χ3v) is 4.23. The van der Waals surface area contributed by atoms with Gasteiger partial charge in [0.25, 0.3) is 5.69 Å². The molecule has 5 nitrogen and oxygen atoms in total. The summed E-state index contributed by atoms with van der Waals surface area (Å²) in [7, 11) is 0. The summed E-state index contributed by atoms with van der Waals surface area (Å²) in [6.07, 6.45) is 0.604. The second kappa shape index (κ2) is 7.78. The molecule has 0 bridgehead atoms. The molecule has 0 amide bonds. The SMILES string of the molecule is CCOC(=O)c1ccc(Sc2ccc([N+](=O)[O-])c(CC)c2)cc1. The van der Waals surface area contributed by atoms with E-state index in [1.165, 1.54) is 17.8 Å². The average Bonchev–Trinajstić information content (AvgIpc) is 2.55. The minimum absolute atomic E-state index is 0.148. The molecule has 0 atom stereocenters. The normalized spacial score (nSPS) is 10.3. The summed E-state index contributed by atoms with van der Waals surface area (Å²) in [4.78, 5) is 24.1. The van der Waals surface area contributed by atoms with Crippen LogP contribution in [0.2, 0.25) is 0 Å². The second-order valence-electron chi connectivity index (χ2n) is 4.75. The van der Waals surface area contributed by atoms with E-state index in [4.69, 9.17) is 4.74 Å². The van der Waals surface area contributed by atoms with E-state index in [0.29, 0.717) is 24.2 Å². The number of aryl methyl sites for hydroxylation is 1. The molecule has 2 aromatic carbocycles. The molecule has 0 fully saturated rings. The van der Waals surface area contributed by atoms with Crippen LogP contribution in [0, 0.1) is 10.1 Å². The van der Waals surface area contributed by atoms with Crippen molar-refractivity contribution in [3.63, 3.8) is 0 Å². The highest BCUT2D eigenvalue weighted by molar-refractivity contribution is 7.99. The minimum Gasteiger partial charge on any atom is -0.462 e. The average molecular weight is 331 g/mol. The van der Waals surface area contributed by atoms with E-state index in [9.17, 15) is 14.9 Å². The van der Waals surface area contributed by atoms with E-state index in [1.807, 2.05) is 25.1 Å². The van der Waals surface area contributed by atoms with Crippen molar-refractivity contribution in [3.05, 3.63) is 63.7 Å². The van der Waals surface area contributed by atoms with Gasteiger partial charge in [-0.25, -0.2) is 4.79 Å². The summed E-state index contributed by atoms with van der Waals surface area (Å²) in [6, 6.07) is 12.2. The number of nitrogens with zero attached hydrogens (tertiary/aromatic N) is 1. The summed E-state index contributed by atoms with van der Waals surface area (Å²) >= 11 is 1.50. The van der Waals surface area contributed by atoms with Gasteiger partial charge in [-0.2, -0.15) is 0 Å². The number of ether oxygens (including phenoxy) is 1. The maximum absolute atomic E-state index is 11.6. The molecule has 0 unspecified atom stereocenters. The molecule has 6 heteroatoms. The van der Waals surface area contributed by atoms with E-state index in [1.54, 1.807) is 25.1 Å². The summed E-state index contributed by atoms with van der Waals surface area (Å²) in [5.41, 5.74) is 1.37. The van der Waals surface area contributed by atoms with Crippen molar-refractivity contribution in [2.24, 2.45) is 0 Å². The van der Waals surface area contributed by atoms with Crippen molar-refractivity contribution >= 4 is 23.4 Å². The summed E-state index contributed by atoms with van der Waals surface area (Å²) in [5, 5.41) is 11.0. The maximum Gasteiger partial charge on any atom is 0.338 e. The lowest BCUT2D eigenvalue weighted by molar-refractivity contribution is -0.385. The number of hydrogen-bond donors (Lipinski definition) is 0. The molecule has 0 N–H and O–H groups in total. The number of esters is 1. The van der Waals surface area contributed by atoms with Crippen LogP contribution in [0.25, 0.3) is 0 Å². The number of carbonyl (C=O) groups excluding carboxylic acids is 1. The van der Waals surface area contributed by atoms with E-state index in [2.05, 4.69) is 0 Å². The number of benzene rings is 2. The van der Waals surface area contributed by atoms with Gasteiger partial charge in [-0.05, 0) is 49.7 Å². The molecule has 0 aliphatic heterocycles. The van der Waals surface area contributed by atoms with Crippen LogP contribution in [-0.2, 0) is 11.2 Å². The summed E-state index contributed by atoms with van der Waals surface area (Å²) in [5.74, 6) is -0.340. The van der Waals surface area contributed by atoms with Gasteiger partial charge in [0.1, 0.15) is 0 Å². The van der Waals surface area contributed by atoms with E-state index in [0.717, 1.165) is 9.79 Å². The van der Waals surface area contributed by atoms with Crippen LogP contribution in [0.3, 0.4) is 0 Å². The standard InChI is InChI=1S/C17H17NO4S/c1-3-12-11-15(9-10-16(12)18(20)21)23-14-7-5-13(6-8-14)17(19)22-4-2/h5-11H,3-4H2,1-2H3. The van der Waals surface area contributed by atoms with Gasteiger partial charge in [-0.3, -0.25) is 10.1 Å². The van der Waals surface area contributed by atoms with Crippen molar-refractivity contribution in [1.82, 2.24) is 0 Å². The smallest absolute Gasteiger partial charge is 0.338 e. The van der Waals surface area contributed by atoms with Crippen molar-refractivity contribution in [3.8, 4) is 0 Å². The lowest BCUT2D eigenvalue weighted by Crippen LogP contribution is -2.03. The van der Waals surface area contributed by atoms with E-state index in [-0.39, 0.29) is 16.6 Å². The molecule has 0 aliphatic carbocycles. The number of hydrogen-bond acceptors (Lipinski definition) is 5. The van der Waals surface area contributed by atoms with Gasteiger partial charge in [0.05, 0.1) is 17.1 Å². The summed E-state index contributed by atoms with van der Waals surface area (Å²) in [6.45, 7) is 4.00. The van der Waals surface area contributed by atoms with Crippen LogP contribution in [0.4, 0.5) is 5.69 Å². The molecule has 0 aliphatic rings. The first-order valence-electron chi connectivity index (χ1n) is 7.27. The van der Waals surface area contributed by atoms with Crippen LogP contribution in [0.15, 0.2) is 52.3 Å². The number of nitro benzene ring substituents is 1. The molecular formula is C17H17NO4S. The van der Waals surface area contributed by atoms with Gasteiger partial charge in [-0.1, -0.05) is 18.7 Å². The Morgan fingerprint density at radius 2 is 1.78 bits per heavy atom. The van der Waals surface area contributed by atoms with Crippen LogP contribution >= 0.6 is 11.8 Å². The Balaban J connectivity index is 2.16. The lowest BCUT2D eigenvalue weighted by atomic mass is 10.1. The molecule has 0 heterocycles. The van der Waals surface area contributed by atoms with Crippen molar-refractivity contribution in [2.75, 3.05) is 6.61 Å². The highest BCUT2D eigenvalue weighted by atomic mass is 32.2. The topological polar surface area (TPSA) is 69.4 Å². The molecule has 0 aromatic heterocycles. The molecule has 120 valence electrons. The van der Waals surface area contributed by atoms with Gasteiger partial charge in [-0.15, -0.1) is 0 Å². The van der Waals surface area contributed by atoms with E-state index < -0.39 is 0 Å². The quantitative estimate of drug-likeness (QED) is 0.443. The van der Waals surface area contributed by atoms with Crippen molar-refractivity contribution in [1.29, 1.82) is 0 Å². The maximum atomic E-state index is 11.6. The molecule has 0 spiro atoms. The fourth-order valence-corrected chi connectivity index (χ4v) is 2.98. The number of nitro groups is 1. The van der Waals surface area contributed by atoms with Crippen LogP contribution in [0.5, 0.6) is 0 Å². The highest BCUT2D eigenvalue weighted by Crippen LogP contribution is 2.31. The minimum atomic E-state index is -0.360. The van der Waals surface area contributed by atoms with Gasteiger partial charge in [0.15, 0.2) is 0 Å². The lowest BCUT2D eigenvalue weighted by Gasteiger charge is -2.06. The van der Waals surface area contributed by atoms with Gasteiger partial charge >= 0.3 is 5.97 Å². The highest BCUT2D eigenvalue weighted by Gasteiger charge is 2.13. The number of rotatable bonds is 6. The Labute approximate surface area is 138 Å². The predicted octanol–water partition coefficient (Wildman–Crippen LogP) is 4.49. The third kappa shape index (κ3) is 4.32. The van der Waals surface area contributed by atoms with Crippen LogP contribution < -0.4 is 0 Å². The van der Waals surface area contributed by atoms with Crippen molar-refractivity contribution < 1.29 is 14.5 Å². The van der Waals surface area contributed by atoms with Crippen molar-refractivity contribution in [2.45, 2.75) is 30.1 Å². The molecule has 0 saturated carbocycles. The zero-order valence-corrected chi connectivity index (χ0v) is 13.8. The number of carbonyl (C=O) groups is 1. The van der Waals surface area contributed by atoms with Gasteiger partial charge in [0, 0.05) is 21.4 Å². The first-order valence-corrected chi connectivity index (χ1v) is 8.09. The Bertz CT molecular complexity index is 713. The monoisotopic (exact) mass is 331 g/mol. The second-order valence-corrected chi connectivity index (χ2v) is 5.90. The summed E-state index contributed by atoms with van der Waals surface area (Å²) < 4.78 is 4.94. The van der Waals surface area contributed by atoms with E-state index >= 15 is 0 Å².